The van der Waals surface area contributed by atoms with Crippen LogP contribution < -0.4 is 5.32 Å². The minimum atomic E-state index is 0.406. The van der Waals surface area contributed by atoms with Gasteiger partial charge in [0.05, 0.1) is 6.54 Å². The monoisotopic (exact) mass is 428 g/mol. The first-order chi connectivity index (χ1) is 15.7. The maximum absolute atomic E-state index is 4.23. The Labute approximate surface area is 189 Å². The average molecular weight is 429 g/mol. The molecule has 6 heteroatoms. The van der Waals surface area contributed by atoms with Gasteiger partial charge in [0.25, 0.3) is 0 Å². The lowest BCUT2D eigenvalue weighted by Crippen LogP contribution is -2.29. The molecule has 1 aliphatic rings. The molecular formula is C26H32N6. The van der Waals surface area contributed by atoms with E-state index in [1.807, 2.05) is 4.68 Å². The van der Waals surface area contributed by atoms with Gasteiger partial charge in [-0.3, -0.25) is 0 Å². The van der Waals surface area contributed by atoms with Gasteiger partial charge in [0.15, 0.2) is 0 Å². The summed E-state index contributed by atoms with van der Waals surface area (Å²) in [7, 11) is 0. The first-order valence-corrected chi connectivity index (χ1v) is 11.7. The molecule has 2 aromatic carbocycles. The summed E-state index contributed by atoms with van der Waals surface area (Å²) < 4.78 is 1.87. The van der Waals surface area contributed by atoms with E-state index in [-0.39, 0.29) is 0 Å². The van der Waals surface area contributed by atoms with Gasteiger partial charge in [-0.25, -0.2) is 9.67 Å². The van der Waals surface area contributed by atoms with Crippen LogP contribution in [-0.2, 0) is 13.0 Å². The highest BCUT2D eigenvalue weighted by Gasteiger charge is 2.22. The standard InChI is InChI=1S/C26H32N6/c1-20(23-5-3-2-4-6-23)28-14-22-9-11-31(16-22)12-10-24-15-29-26-8-7-21(13-25(24)26)17-32-19-27-18-30-32/h2-8,13,15,18-20,22,28-29H,9-12,14,16-17H2,1H3/t20-,22-/m0/s1. The fraction of sp³-hybridized carbons (Fsp3) is 0.385. The first kappa shape index (κ1) is 20.9. The van der Waals surface area contributed by atoms with E-state index in [0.717, 1.165) is 32.0 Å². The molecule has 32 heavy (non-hydrogen) atoms. The van der Waals surface area contributed by atoms with E-state index in [9.17, 15) is 0 Å². The molecule has 1 fully saturated rings. The van der Waals surface area contributed by atoms with Crippen LogP contribution in [0, 0.1) is 5.92 Å². The Morgan fingerprint density at radius 3 is 2.94 bits per heavy atom. The Balaban J connectivity index is 1.13. The summed E-state index contributed by atoms with van der Waals surface area (Å²) in [6.07, 6.45) is 7.89. The number of aromatic amines is 1. The van der Waals surface area contributed by atoms with E-state index in [1.165, 1.54) is 47.1 Å². The van der Waals surface area contributed by atoms with Crippen molar-refractivity contribution in [2.75, 3.05) is 26.2 Å². The van der Waals surface area contributed by atoms with Gasteiger partial charge in [0.1, 0.15) is 12.7 Å². The summed E-state index contributed by atoms with van der Waals surface area (Å²) in [5.41, 5.74) is 5.23. The highest BCUT2D eigenvalue weighted by molar-refractivity contribution is 5.83. The third kappa shape index (κ3) is 4.92. The van der Waals surface area contributed by atoms with Crippen molar-refractivity contribution in [2.45, 2.75) is 32.4 Å². The Morgan fingerprint density at radius 2 is 2.09 bits per heavy atom. The second-order valence-electron chi connectivity index (χ2n) is 9.03. The molecule has 2 N–H and O–H groups in total. The largest absolute Gasteiger partial charge is 0.361 e. The zero-order valence-electron chi connectivity index (χ0n) is 18.7. The zero-order chi connectivity index (χ0) is 21.8. The predicted octanol–water partition coefficient (Wildman–Crippen LogP) is 4.02. The molecule has 1 aliphatic heterocycles. The van der Waals surface area contributed by atoms with Crippen LogP contribution in [0.15, 0.2) is 67.4 Å². The predicted molar refractivity (Wildman–Crippen MR) is 129 cm³/mol. The maximum Gasteiger partial charge on any atom is 0.137 e. The van der Waals surface area contributed by atoms with Crippen molar-refractivity contribution in [3.05, 3.63) is 84.1 Å². The van der Waals surface area contributed by atoms with Gasteiger partial charge in [0, 0.05) is 36.2 Å². The van der Waals surface area contributed by atoms with Crippen LogP contribution in [0.25, 0.3) is 10.9 Å². The number of nitrogens with one attached hydrogen (secondary N) is 2. The number of aromatic nitrogens is 4. The van der Waals surface area contributed by atoms with Gasteiger partial charge in [-0.15, -0.1) is 0 Å². The second-order valence-corrected chi connectivity index (χ2v) is 9.03. The minimum Gasteiger partial charge on any atom is -0.361 e. The van der Waals surface area contributed by atoms with E-state index in [1.54, 1.807) is 12.7 Å². The molecule has 1 saturated heterocycles. The average Bonchev–Trinajstić information content (AvgIpc) is 3.58. The van der Waals surface area contributed by atoms with E-state index >= 15 is 0 Å². The molecule has 0 saturated carbocycles. The Bertz CT molecular complexity index is 1120. The number of hydrogen-bond acceptors (Lipinski definition) is 4. The molecule has 166 valence electrons. The molecule has 0 radical (unpaired) electrons. The Kier molecular flexibility index (Phi) is 6.32. The molecule has 0 spiro atoms. The molecule has 0 aliphatic carbocycles. The maximum atomic E-state index is 4.23. The number of nitrogens with zero attached hydrogens (tertiary/aromatic N) is 4. The van der Waals surface area contributed by atoms with Gasteiger partial charge < -0.3 is 15.2 Å². The minimum absolute atomic E-state index is 0.406. The normalized spacial score (nSPS) is 17.8. The van der Waals surface area contributed by atoms with E-state index in [2.05, 4.69) is 86.9 Å². The number of likely N-dealkylation sites (tertiary alicyclic amines) is 1. The molecule has 2 atom stereocenters. The van der Waals surface area contributed by atoms with Crippen molar-refractivity contribution in [1.29, 1.82) is 0 Å². The zero-order valence-corrected chi connectivity index (χ0v) is 18.7. The van der Waals surface area contributed by atoms with Crippen molar-refractivity contribution >= 4 is 10.9 Å². The number of H-pyrrole nitrogens is 1. The summed E-state index contributed by atoms with van der Waals surface area (Å²) in [5, 5.41) is 9.29. The van der Waals surface area contributed by atoms with Gasteiger partial charge in [-0.1, -0.05) is 36.4 Å². The molecule has 4 aromatic rings. The Hall–Kier alpha value is -2.96. The van der Waals surface area contributed by atoms with Gasteiger partial charge >= 0.3 is 0 Å². The van der Waals surface area contributed by atoms with Crippen LogP contribution >= 0.6 is 0 Å². The van der Waals surface area contributed by atoms with Crippen molar-refractivity contribution < 1.29 is 0 Å². The van der Waals surface area contributed by atoms with Crippen LogP contribution in [0.3, 0.4) is 0 Å². The molecule has 5 rings (SSSR count). The summed E-state index contributed by atoms with van der Waals surface area (Å²) in [6, 6.07) is 17.8. The van der Waals surface area contributed by atoms with Crippen LogP contribution in [0.5, 0.6) is 0 Å². The van der Waals surface area contributed by atoms with Crippen LogP contribution in [0.1, 0.15) is 36.1 Å². The third-order valence-corrected chi connectivity index (χ3v) is 6.72. The number of rotatable bonds is 9. The summed E-state index contributed by atoms with van der Waals surface area (Å²) in [6.45, 7) is 7.61. The third-order valence-electron chi connectivity index (χ3n) is 6.72. The van der Waals surface area contributed by atoms with E-state index in [0.29, 0.717) is 6.04 Å². The quantitative estimate of drug-likeness (QED) is 0.423. The number of benzene rings is 2. The van der Waals surface area contributed by atoms with Crippen molar-refractivity contribution in [2.24, 2.45) is 5.92 Å². The second kappa shape index (κ2) is 9.67. The van der Waals surface area contributed by atoms with E-state index < -0.39 is 0 Å². The highest BCUT2D eigenvalue weighted by Crippen LogP contribution is 2.23. The lowest BCUT2D eigenvalue weighted by molar-refractivity contribution is 0.323. The topological polar surface area (TPSA) is 61.8 Å². The summed E-state index contributed by atoms with van der Waals surface area (Å²) in [4.78, 5) is 10.1. The van der Waals surface area contributed by atoms with E-state index in [4.69, 9.17) is 0 Å². The molecule has 6 nitrogen and oxygen atoms in total. The molecule has 2 aromatic heterocycles. The first-order valence-electron chi connectivity index (χ1n) is 11.7. The smallest absolute Gasteiger partial charge is 0.137 e. The number of hydrogen-bond donors (Lipinski definition) is 2. The van der Waals surface area contributed by atoms with Gasteiger partial charge in [-0.2, -0.15) is 5.10 Å². The van der Waals surface area contributed by atoms with Crippen LogP contribution in [0.2, 0.25) is 0 Å². The molecule has 0 bridgehead atoms. The summed E-state index contributed by atoms with van der Waals surface area (Å²) >= 11 is 0. The van der Waals surface area contributed by atoms with Gasteiger partial charge in [0.2, 0.25) is 0 Å². The SMILES string of the molecule is C[C@H](NC[C@@H]1CCN(CCc2c[nH]c3ccc(Cn4cncn4)cc23)C1)c1ccccc1. The lowest BCUT2D eigenvalue weighted by atomic mass is 10.1. The molecular weight excluding hydrogens is 396 g/mol. The number of fused-ring (bicyclic) bond motifs is 1. The highest BCUT2D eigenvalue weighted by atomic mass is 15.3. The molecule has 0 amide bonds. The molecule has 0 unspecified atom stereocenters. The van der Waals surface area contributed by atoms with Crippen molar-refractivity contribution in [1.82, 2.24) is 30.0 Å². The van der Waals surface area contributed by atoms with Crippen molar-refractivity contribution in [3.63, 3.8) is 0 Å². The summed E-state index contributed by atoms with van der Waals surface area (Å²) in [5.74, 6) is 0.735. The van der Waals surface area contributed by atoms with Crippen LogP contribution in [-0.4, -0.2) is 50.8 Å². The van der Waals surface area contributed by atoms with Crippen LogP contribution in [0.4, 0.5) is 0 Å². The lowest BCUT2D eigenvalue weighted by Gasteiger charge is -2.19. The van der Waals surface area contributed by atoms with Crippen molar-refractivity contribution in [3.8, 4) is 0 Å². The fourth-order valence-electron chi connectivity index (χ4n) is 4.80. The molecule has 3 heterocycles. The Morgan fingerprint density at radius 1 is 1.19 bits per heavy atom. The van der Waals surface area contributed by atoms with Gasteiger partial charge in [-0.05, 0) is 67.6 Å². The fourth-order valence-corrected chi connectivity index (χ4v) is 4.80.